The molecule has 1 rings (SSSR count). The van der Waals surface area contributed by atoms with Gasteiger partial charge in [0.1, 0.15) is 6.61 Å². The fourth-order valence-corrected chi connectivity index (χ4v) is 2.42. The first kappa shape index (κ1) is 16.4. The Labute approximate surface area is 117 Å². The van der Waals surface area contributed by atoms with Crippen LogP contribution in [0.5, 0.6) is 0 Å². The van der Waals surface area contributed by atoms with Gasteiger partial charge in [-0.05, 0) is 51.9 Å². The van der Waals surface area contributed by atoms with Gasteiger partial charge in [-0.3, -0.25) is 4.79 Å². The van der Waals surface area contributed by atoms with Crippen LogP contribution in [-0.2, 0) is 9.53 Å². The summed E-state index contributed by atoms with van der Waals surface area (Å²) in [5, 5.41) is 2.99. The third kappa shape index (κ3) is 5.11. The minimum atomic E-state index is -0.278. The van der Waals surface area contributed by atoms with Crippen molar-refractivity contribution >= 4 is 5.91 Å². The van der Waals surface area contributed by atoms with Crippen LogP contribution < -0.4 is 11.1 Å². The minimum Gasteiger partial charge on any atom is -0.364 e. The molecule has 0 spiro atoms. The summed E-state index contributed by atoms with van der Waals surface area (Å²) in [5.41, 5.74) is 5.42. The Morgan fingerprint density at radius 2 is 2.00 bits per heavy atom. The lowest BCUT2D eigenvalue weighted by Gasteiger charge is -2.38. The highest BCUT2D eigenvalue weighted by Gasteiger charge is 2.34. The van der Waals surface area contributed by atoms with Gasteiger partial charge in [-0.1, -0.05) is 13.8 Å². The van der Waals surface area contributed by atoms with Gasteiger partial charge in [0.2, 0.25) is 5.91 Å². The van der Waals surface area contributed by atoms with Gasteiger partial charge in [0, 0.05) is 12.1 Å². The maximum absolute atomic E-state index is 11.9. The lowest BCUT2D eigenvalue weighted by Crippen LogP contribution is -2.49. The molecule has 0 aromatic carbocycles. The maximum Gasteiger partial charge on any atom is 0.246 e. The number of ether oxygens (including phenoxy) is 1. The van der Waals surface area contributed by atoms with Crippen LogP contribution in [0.25, 0.3) is 0 Å². The van der Waals surface area contributed by atoms with Crippen molar-refractivity contribution < 1.29 is 9.53 Å². The van der Waals surface area contributed by atoms with Gasteiger partial charge < -0.3 is 15.8 Å². The Morgan fingerprint density at radius 3 is 2.47 bits per heavy atom. The summed E-state index contributed by atoms with van der Waals surface area (Å²) in [6.07, 6.45) is 5.11. The van der Waals surface area contributed by atoms with E-state index in [2.05, 4.69) is 19.2 Å². The second-order valence-corrected chi connectivity index (χ2v) is 6.64. The smallest absolute Gasteiger partial charge is 0.246 e. The molecule has 0 saturated heterocycles. The van der Waals surface area contributed by atoms with Gasteiger partial charge in [-0.2, -0.15) is 0 Å². The summed E-state index contributed by atoms with van der Waals surface area (Å²) in [4.78, 5) is 11.9. The molecule has 0 unspecified atom stereocenters. The molecule has 4 nitrogen and oxygen atoms in total. The molecule has 1 saturated carbocycles. The number of carbonyl (C=O) groups excluding carboxylic acids is 1. The van der Waals surface area contributed by atoms with E-state index in [1.807, 2.05) is 13.8 Å². The number of rotatable bonds is 6. The highest BCUT2D eigenvalue weighted by molar-refractivity contribution is 5.78. The van der Waals surface area contributed by atoms with Gasteiger partial charge in [0.25, 0.3) is 0 Å². The number of carbonyl (C=O) groups is 1. The molecule has 4 heteroatoms. The highest BCUT2D eigenvalue weighted by Crippen LogP contribution is 2.33. The zero-order valence-corrected chi connectivity index (χ0v) is 12.9. The Kier molecular flexibility index (Phi) is 5.81. The van der Waals surface area contributed by atoms with Crippen LogP contribution in [0.15, 0.2) is 0 Å². The van der Waals surface area contributed by atoms with Gasteiger partial charge in [-0.15, -0.1) is 0 Å². The number of nitrogens with one attached hydrogen (secondary N) is 1. The molecule has 0 heterocycles. The SMILES string of the molecule is CCC(C)(C)NC(=O)COC1(CN)CCC(C)CC1. The molecule has 112 valence electrons. The van der Waals surface area contributed by atoms with Crippen molar-refractivity contribution in [3.63, 3.8) is 0 Å². The van der Waals surface area contributed by atoms with Crippen LogP contribution >= 0.6 is 0 Å². The molecule has 1 aliphatic carbocycles. The van der Waals surface area contributed by atoms with E-state index in [0.717, 1.165) is 38.0 Å². The summed E-state index contributed by atoms with van der Waals surface area (Å²) in [5.74, 6) is 0.703. The fraction of sp³-hybridized carbons (Fsp3) is 0.933. The van der Waals surface area contributed by atoms with E-state index in [9.17, 15) is 4.79 Å². The second-order valence-electron chi connectivity index (χ2n) is 6.64. The molecule has 19 heavy (non-hydrogen) atoms. The molecule has 1 fully saturated rings. The molecule has 0 radical (unpaired) electrons. The van der Waals surface area contributed by atoms with Gasteiger partial charge in [0.05, 0.1) is 5.60 Å². The van der Waals surface area contributed by atoms with Crippen LogP contribution in [-0.4, -0.2) is 30.2 Å². The number of hydrogen-bond donors (Lipinski definition) is 2. The van der Waals surface area contributed by atoms with Crippen molar-refractivity contribution in [3.8, 4) is 0 Å². The average molecular weight is 270 g/mol. The second kappa shape index (κ2) is 6.71. The molecular weight excluding hydrogens is 240 g/mol. The van der Waals surface area contributed by atoms with Crippen molar-refractivity contribution in [1.82, 2.24) is 5.32 Å². The first-order valence-electron chi connectivity index (χ1n) is 7.47. The Hall–Kier alpha value is -0.610. The average Bonchev–Trinajstić information content (AvgIpc) is 2.38. The fourth-order valence-electron chi connectivity index (χ4n) is 2.42. The van der Waals surface area contributed by atoms with E-state index in [4.69, 9.17) is 10.5 Å². The first-order chi connectivity index (χ1) is 8.82. The first-order valence-corrected chi connectivity index (χ1v) is 7.47. The van der Waals surface area contributed by atoms with Crippen LogP contribution in [0.1, 0.15) is 59.8 Å². The molecule has 0 aliphatic heterocycles. The van der Waals surface area contributed by atoms with Crippen LogP contribution in [0.3, 0.4) is 0 Å². The summed E-state index contributed by atoms with van der Waals surface area (Å²) in [7, 11) is 0. The van der Waals surface area contributed by atoms with Gasteiger partial charge in [0.15, 0.2) is 0 Å². The van der Waals surface area contributed by atoms with Crippen LogP contribution in [0.4, 0.5) is 0 Å². The van der Waals surface area contributed by atoms with E-state index in [1.165, 1.54) is 0 Å². The van der Waals surface area contributed by atoms with E-state index in [1.54, 1.807) is 0 Å². The minimum absolute atomic E-state index is 0.0432. The summed E-state index contributed by atoms with van der Waals surface area (Å²) in [6, 6.07) is 0. The van der Waals surface area contributed by atoms with Crippen LogP contribution in [0.2, 0.25) is 0 Å². The molecule has 0 aromatic rings. The third-order valence-corrected chi connectivity index (χ3v) is 4.43. The molecule has 0 bridgehead atoms. The van der Waals surface area contributed by atoms with Crippen molar-refractivity contribution in [2.75, 3.05) is 13.2 Å². The van der Waals surface area contributed by atoms with Crippen molar-refractivity contribution in [1.29, 1.82) is 0 Å². The lowest BCUT2D eigenvalue weighted by molar-refractivity contribution is -0.137. The monoisotopic (exact) mass is 270 g/mol. The predicted molar refractivity (Wildman–Crippen MR) is 77.9 cm³/mol. The van der Waals surface area contributed by atoms with Crippen LogP contribution in [0, 0.1) is 5.92 Å². The molecule has 0 atom stereocenters. The van der Waals surface area contributed by atoms with Gasteiger partial charge >= 0.3 is 0 Å². The third-order valence-electron chi connectivity index (χ3n) is 4.43. The Morgan fingerprint density at radius 1 is 1.42 bits per heavy atom. The normalized spacial score (nSPS) is 28.2. The summed E-state index contributed by atoms with van der Waals surface area (Å²) < 4.78 is 5.88. The van der Waals surface area contributed by atoms with E-state index in [-0.39, 0.29) is 23.7 Å². The topological polar surface area (TPSA) is 64.3 Å². The molecule has 0 aromatic heterocycles. The van der Waals surface area contributed by atoms with Crippen molar-refractivity contribution in [2.24, 2.45) is 11.7 Å². The number of amides is 1. The predicted octanol–water partition coefficient (Wildman–Crippen LogP) is 2.22. The molecule has 3 N–H and O–H groups in total. The zero-order valence-electron chi connectivity index (χ0n) is 12.9. The standard InChI is InChI=1S/C15H30N2O2/c1-5-14(3,4)17-13(18)10-19-15(11-16)8-6-12(2)7-9-15/h12H,5-11,16H2,1-4H3,(H,17,18). The Balaban J connectivity index is 2.43. The summed E-state index contributed by atoms with van der Waals surface area (Å²) in [6.45, 7) is 8.99. The van der Waals surface area contributed by atoms with E-state index >= 15 is 0 Å². The van der Waals surface area contributed by atoms with E-state index < -0.39 is 0 Å². The molecule has 1 amide bonds. The molecule has 1 aliphatic rings. The quantitative estimate of drug-likeness (QED) is 0.778. The van der Waals surface area contributed by atoms with Crippen molar-refractivity contribution in [2.45, 2.75) is 70.9 Å². The zero-order chi connectivity index (χ0) is 14.5. The summed E-state index contributed by atoms with van der Waals surface area (Å²) >= 11 is 0. The Bertz CT molecular complexity index is 295. The van der Waals surface area contributed by atoms with E-state index in [0.29, 0.717) is 6.54 Å². The van der Waals surface area contributed by atoms with Crippen molar-refractivity contribution in [3.05, 3.63) is 0 Å². The largest absolute Gasteiger partial charge is 0.364 e. The maximum atomic E-state index is 11.9. The number of hydrogen-bond acceptors (Lipinski definition) is 3. The van der Waals surface area contributed by atoms with Gasteiger partial charge in [-0.25, -0.2) is 0 Å². The number of nitrogens with two attached hydrogens (primary N) is 1. The highest BCUT2D eigenvalue weighted by atomic mass is 16.5. The lowest BCUT2D eigenvalue weighted by atomic mass is 9.79. The molecular formula is C15H30N2O2.